The number of amides is 2. The van der Waals surface area contributed by atoms with Gasteiger partial charge in [-0.1, -0.05) is 24.1 Å². The first-order valence-corrected chi connectivity index (χ1v) is 13.2. The number of nitrogens with one attached hydrogen (secondary N) is 2. The standard InChI is InChI=1S/C31H36N4O4/c1-5-30(3,4)35-17-15-31(16-18-35,21-28(36)34-38)33-29(37)23-10-12-25(13-11-23)39-19-14-24-20-22(2)32-27-9-7-6-8-26(24)27/h1,6-13,20,38H,14-19,21H2,2-4H3,(H,33,37)(H,34,36). The molecule has 4 rings (SSSR count). The van der Waals surface area contributed by atoms with E-state index in [0.717, 1.165) is 23.0 Å². The maximum Gasteiger partial charge on any atom is 0.251 e. The van der Waals surface area contributed by atoms with Gasteiger partial charge in [0.2, 0.25) is 5.91 Å². The Bertz CT molecular complexity index is 1370. The van der Waals surface area contributed by atoms with E-state index in [0.29, 0.717) is 43.9 Å². The zero-order chi connectivity index (χ0) is 28.0. The van der Waals surface area contributed by atoms with E-state index >= 15 is 0 Å². The zero-order valence-corrected chi connectivity index (χ0v) is 22.8. The van der Waals surface area contributed by atoms with Crippen LogP contribution >= 0.6 is 0 Å². The number of hydrogen-bond donors (Lipinski definition) is 3. The first-order valence-electron chi connectivity index (χ1n) is 13.2. The van der Waals surface area contributed by atoms with Crippen molar-refractivity contribution in [3.05, 3.63) is 71.4 Å². The molecule has 0 unspecified atom stereocenters. The Morgan fingerprint density at radius 1 is 1.15 bits per heavy atom. The highest BCUT2D eigenvalue weighted by Crippen LogP contribution is 2.30. The van der Waals surface area contributed by atoms with Crippen LogP contribution in [0.1, 0.15) is 54.7 Å². The van der Waals surface area contributed by atoms with E-state index in [4.69, 9.17) is 16.4 Å². The molecule has 0 atom stereocenters. The van der Waals surface area contributed by atoms with Crippen LogP contribution in [-0.4, -0.2) is 57.7 Å². The zero-order valence-electron chi connectivity index (χ0n) is 22.8. The van der Waals surface area contributed by atoms with Gasteiger partial charge in [0.15, 0.2) is 0 Å². The number of piperidine rings is 1. The molecular weight excluding hydrogens is 492 g/mol. The summed E-state index contributed by atoms with van der Waals surface area (Å²) in [6.07, 6.45) is 7.46. The fraction of sp³-hybridized carbons (Fsp3) is 0.387. The van der Waals surface area contributed by atoms with E-state index in [9.17, 15) is 9.59 Å². The van der Waals surface area contributed by atoms with Gasteiger partial charge < -0.3 is 10.1 Å². The highest BCUT2D eigenvalue weighted by atomic mass is 16.5. The topological polar surface area (TPSA) is 104 Å². The summed E-state index contributed by atoms with van der Waals surface area (Å²) in [5.74, 6) is 2.65. The number of pyridine rings is 1. The third-order valence-corrected chi connectivity index (χ3v) is 7.55. The number of aryl methyl sites for hydroxylation is 1. The highest BCUT2D eigenvalue weighted by Gasteiger charge is 2.41. The number of aromatic nitrogens is 1. The maximum atomic E-state index is 13.2. The van der Waals surface area contributed by atoms with Crippen LogP contribution in [0.5, 0.6) is 5.75 Å². The summed E-state index contributed by atoms with van der Waals surface area (Å²) in [5, 5.41) is 13.3. The molecule has 2 heterocycles. The number of nitrogens with zero attached hydrogens (tertiary/aromatic N) is 2. The Kier molecular flexibility index (Phi) is 8.54. The van der Waals surface area contributed by atoms with Crippen molar-refractivity contribution in [1.29, 1.82) is 0 Å². The van der Waals surface area contributed by atoms with Crippen LogP contribution in [-0.2, 0) is 11.2 Å². The number of hydrogen-bond acceptors (Lipinski definition) is 6. The number of terminal acetylenes is 1. The molecule has 204 valence electrons. The molecule has 0 aliphatic carbocycles. The minimum absolute atomic E-state index is 0.0239. The van der Waals surface area contributed by atoms with E-state index in [1.165, 1.54) is 5.56 Å². The van der Waals surface area contributed by atoms with E-state index in [2.05, 4.69) is 33.3 Å². The van der Waals surface area contributed by atoms with Crippen LogP contribution in [0.15, 0.2) is 54.6 Å². The van der Waals surface area contributed by atoms with Crippen LogP contribution in [0.25, 0.3) is 10.9 Å². The van der Waals surface area contributed by atoms with Gasteiger partial charge in [-0.15, -0.1) is 6.42 Å². The first kappa shape index (κ1) is 28.1. The van der Waals surface area contributed by atoms with E-state index in [-0.39, 0.29) is 12.3 Å². The Morgan fingerprint density at radius 2 is 1.85 bits per heavy atom. The smallest absolute Gasteiger partial charge is 0.251 e. The molecule has 0 radical (unpaired) electrons. The van der Waals surface area contributed by atoms with Crippen LogP contribution in [0, 0.1) is 19.3 Å². The van der Waals surface area contributed by atoms with Crippen LogP contribution < -0.4 is 15.5 Å². The van der Waals surface area contributed by atoms with Gasteiger partial charge in [0, 0.05) is 36.2 Å². The van der Waals surface area contributed by atoms with Gasteiger partial charge in [-0.2, -0.15) is 0 Å². The fourth-order valence-corrected chi connectivity index (χ4v) is 5.17. The van der Waals surface area contributed by atoms with Crippen molar-refractivity contribution in [1.82, 2.24) is 20.7 Å². The molecule has 3 aromatic rings. The largest absolute Gasteiger partial charge is 0.493 e. The highest BCUT2D eigenvalue weighted by molar-refractivity contribution is 5.95. The van der Waals surface area contributed by atoms with E-state index in [1.54, 1.807) is 29.7 Å². The molecule has 1 aromatic heterocycles. The average molecular weight is 529 g/mol. The Labute approximate surface area is 229 Å². The third kappa shape index (κ3) is 6.75. The summed E-state index contributed by atoms with van der Waals surface area (Å²) in [4.78, 5) is 32.0. The number of para-hydroxylation sites is 1. The second kappa shape index (κ2) is 11.9. The quantitative estimate of drug-likeness (QED) is 0.220. The first-order chi connectivity index (χ1) is 18.6. The van der Waals surface area contributed by atoms with Crippen molar-refractivity contribution in [2.45, 2.75) is 57.5 Å². The predicted molar refractivity (Wildman–Crippen MR) is 151 cm³/mol. The van der Waals surface area contributed by atoms with E-state index < -0.39 is 17.0 Å². The van der Waals surface area contributed by atoms with Crippen molar-refractivity contribution in [3.63, 3.8) is 0 Å². The number of fused-ring (bicyclic) bond motifs is 1. The molecular formula is C31H36N4O4. The lowest BCUT2D eigenvalue weighted by Gasteiger charge is -2.46. The summed E-state index contributed by atoms with van der Waals surface area (Å²) in [5.41, 5.74) is 4.08. The summed E-state index contributed by atoms with van der Waals surface area (Å²) in [6.45, 7) is 7.67. The molecule has 1 fully saturated rings. The van der Waals surface area contributed by atoms with Crippen molar-refractivity contribution < 1.29 is 19.5 Å². The van der Waals surface area contributed by atoms with Gasteiger partial charge in [0.05, 0.1) is 29.6 Å². The van der Waals surface area contributed by atoms with E-state index in [1.807, 2.05) is 39.0 Å². The number of hydroxylamine groups is 1. The molecule has 0 bridgehead atoms. The number of carbonyl (C=O) groups excluding carboxylic acids is 2. The summed E-state index contributed by atoms with van der Waals surface area (Å²) in [7, 11) is 0. The Balaban J connectivity index is 1.38. The van der Waals surface area contributed by atoms with Gasteiger partial charge in [-0.25, -0.2) is 5.48 Å². The maximum absolute atomic E-state index is 13.2. The number of ether oxygens (including phenoxy) is 1. The number of carbonyl (C=O) groups is 2. The molecule has 1 aliphatic heterocycles. The van der Waals surface area contributed by atoms with Gasteiger partial charge in [0.25, 0.3) is 5.91 Å². The monoisotopic (exact) mass is 528 g/mol. The Hall–Kier alpha value is -3.93. The lowest BCUT2D eigenvalue weighted by atomic mass is 9.82. The van der Waals surface area contributed by atoms with Gasteiger partial charge in [0.1, 0.15) is 5.75 Å². The normalized spacial score (nSPS) is 15.4. The molecule has 2 aromatic carbocycles. The number of likely N-dealkylation sites (tertiary alicyclic amines) is 1. The molecule has 39 heavy (non-hydrogen) atoms. The summed E-state index contributed by atoms with van der Waals surface area (Å²) in [6, 6.07) is 17.1. The Morgan fingerprint density at radius 3 is 2.51 bits per heavy atom. The molecule has 0 spiro atoms. The molecule has 8 heteroatoms. The number of benzene rings is 2. The second-order valence-electron chi connectivity index (χ2n) is 10.7. The lowest BCUT2D eigenvalue weighted by molar-refractivity contribution is -0.131. The summed E-state index contributed by atoms with van der Waals surface area (Å²) >= 11 is 0. The van der Waals surface area contributed by atoms with Gasteiger partial charge in [-0.05, 0) is 75.6 Å². The second-order valence-corrected chi connectivity index (χ2v) is 10.7. The number of rotatable bonds is 9. The van der Waals surface area contributed by atoms with Crippen molar-refractivity contribution in [3.8, 4) is 18.1 Å². The van der Waals surface area contributed by atoms with Crippen molar-refractivity contribution in [2.24, 2.45) is 0 Å². The molecule has 2 amide bonds. The van der Waals surface area contributed by atoms with Crippen LogP contribution in [0.3, 0.4) is 0 Å². The lowest BCUT2D eigenvalue weighted by Crippen LogP contribution is -2.59. The fourth-order valence-electron chi connectivity index (χ4n) is 5.17. The SMILES string of the molecule is C#CC(C)(C)N1CCC(CC(=O)NO)(NC(=O)c2ccc(OCCc3cc(C)nc4ccccc34)cc2)CC1. The molecule has 8 nitrogen and oxygen atoms in total. The van der Waals surface area contributed by atoms with Crippen LogP contribution in [0.2, 0.25) is 0 Å². The predicted octanol–water partition coefficient (Wildman–Crippen LogP) is 4.04. The molecule has 1 saturated heterocycles. The molecule has 1 aliphatic rings. The molecule has 3 N–H and O–H groups in total. The van der Waals surface area contributed by atoms with Crippen molar-refractivity contribution in [2.75, 3.05) is 19.7 Å². The van der Waals surface area contributed by atoms with Crippen LogP contribution in [0.4, 0.5) is 0 Å². The summed E-state index contributed by atoms with van der Waals surface area (Å²) < 4.78 is 5.97. The van der Waals surface area contributed by atoms with Gasteiger partial charge >= 0.3 is 0 Å². The van der Waals surface area contributed by atoms with Gasteiger partial charge in [-0.3, -0.25) is 24.7 Å². The minimum Gasteiger partial charge on any atom is -0.493 e. The molecule has 0 saturated carbocycles. The average Bonchev–Trinajstić information content (AvgIpc) is 2.93. The third-order valence-electron chi connectivity index (χ3n) is 7.55. The minimum atomic E-state index is -0.786. The van der Waals surface area contributed by atoms with Crippen molar-refractivity contribution >= 4 is 22.7 Å².